The zero-order chi connectivity index (χ0) is 12.1. The highest BCUT2D eigenvalue weighted by Gasteiger charge is 2.62. The number of rotatable bonds is 3. The lowest BCUT2D eigenvalue weighted by molar-refractivity contribution is -0.0795. The first-order chi connectivity index (χ1) is 8.11. The SMILES string of the molecule is COc1ccc(C)cc1C1(C2(N)CC2)COC1. The van der Waals surface area contributed by atoms with Gasteiger partial charge in [0.25, 0.3) is 0 Å². The molecule has 0 spiro atoms. The van der Waals surface area contributed by atoms with Crippen LogP contribution in [0.4, 0.5) is 0 Å². The third kappa shape index (κ3) is 1.42. The van der Waals surface area contributed by atoms with E-state index in [1.54, 1.807) is 7.11 Å². The fourth-order valence-corrected chi connectivity index (χ4v) is 2.83. The van der Waals surface area contributed by atoms with Crippen LogP contribution >= 0.6 is 0 Å². The van der Waals surface area contributed by atoms with Gasteiger partial charge in [0.15, 0.2) is 0 Å². The van der Waals surface area contributed by atoms with Crippen LogP contribution in [0.2, 0.25) is 0 Å². The van der Waals surface area contributed by atoms with Gasteiger partial charge in [-0.15, -0.1) is 0 Å². The van der Waals surface area contributed by atoms with E-state index in [0.717, 1.165) is 31.8 Å². The summed E-state index contributed by atoms with van der Waals surface area (Å²) < 4.78 is 11.0. The number of aryl methyl sites for hydroxylation is 1. The van der Waals surface area contributed by atoms with E-state index in [9.17, 15) is 0 Å². The standard InChI is InChI=1S/C14H19NO2/c1-10-3-4-12(16-2)11(7-10)13(8-17-9-13)14(15)5-6-14/h3-4,7H,5-6,8-9,15H2,1-2H3. The Morgan fingerprint density at radius 2 is 2.00 bits per heavy atom. The molecule has 1 saturated carbocycles. The molecular formula is C14H19NO2. The van der Waals surface area contributed by atoms with Crippen LogP contribution in [0.5, 0.6) is 5.75 Å². The van der Waals surface area contributed by atoms with Gasteiger partial charge >= 0.3 is 0 Å². The zero-order valence-electron chi connectivity index (χ0n) is 10.5. The number of hydrogen-bond acceptors (Lipinski definition) is 3. The van der Waals surface area contributed by atoms with E-state index in [1.807, 2.05) is 6.07 Å². The lowest BCUT2D eigenvalue weighted by Gasteiger charge is -2.47. The number of methoxy groups -OCH3 is 1. The average Bonchev–Trinajstić information content (AvgIpc) is 2.96. The summed E-state index contributed by atoms with van der Waals surface area (Å²) in [5.74, 6) is 0.940. The van der Waals surface area contributed by atoms with E-state index in [-0.39, 0.29) is 11.0 Å². The van der Waals surface area contributed by atoms with E-state index in [4.69, 9.17) is 15.2 Å². The molecule has 1 aliphatic carbocycles. The molecule has 0 radical (unpaired) electrons. The van der Waals surface area contributed by atoms with Gasteiger partial charge in [0.2, 0.25) is 0 Å². The van der Waals surface area contributed by atoms with Gasteiger partial charge in [0, 0.05) is 11.1 Å². The molecule has 3 rings (SSSR count). The summed E-state index contributed by atoms with van der Waals surface area (Å²) in [6.07, 6.45) is 2.18. The monoisotopic (exact) mass is 233 g/mol. The van der Waals surface area contributed by atoms with Crippen molar-refractivity contribution in [2.45, 2.75) is 30.7 Å². The topological polar surface area (TPSA) is 44.5 Å². The quantitative estimate of drug-likeness (QED) is 0.865. The van der Waals surface area contributed by atoms with Crippen molar-refractivity contribution in [1.82, 2.24) is 0 Å². The number of hydrogen-bond donors (Lipinski definition) is 1. The summed E-state index contributed by atoms with van der Waals surface area (Å²) in [5.41, 5.74) is 8.83. The summed E-state index contributed by atoms with van der Waals surface area (Å²) in [6, 6.07) is 6.32. The van der Waals surface area contributed by atoms with Crippen LogP contribution in [0, 0.1) is 6.92 Å². The van der Waals surface area contributed by atoms with Crippen molar-refractivity contribution in [3.63, 3.8) is 0 Å². The third-order valence-electron chi connectivity index (χ3n) is 4.31. The van der Waals surface area contributed by atoms with Crippen molar-refractivity contribution in [2.24, 2.45) is 5.73 Å². The molecule has 1 aromatic rings. The minimum Gasteiger partial charge on any atom is -0.496 e. The highest BCUT2D eigenvalue weighted by atomic mass is 16.5. The first kappa shape index (κ1) is 11.1. The largest absolute Gasteiger partial charge is 0.496 e. The molecule has 1 saturated heterocycles. The molecule has 0 atom stereocenters. The van der Waals surface area contributed by atoms with Crippen molar-refractivity contribution in [3.05, 3.63) is 29.3 Å². The molecule has 2 aliphatic rings. The van der Waals surface area contributed by atoms with Crippen molar-refractivity contribution < 1.29 is 9.47 Å². The molecule has 1 heterocycles. The van der Waals surface area contributed by atoms with Crippen LogP contribution < -0.4 is 10.5 Å². The second-order valence-electron chi connectivity index (χ2n) is 5.43. The summed E-state index contributed by atoms with van der Waals surface area (Å²) in [7, 11) is 1.72. The minimum atomic E-state index is -0.0771. The van der Waals surface area contributed by atoms with Gasteiger partial charge in [0.1, 0.15) is 5.75 Å². The predicted molar refractivity (Wildman–Crippen MR) is 66.4 cm³/mol. The van der Waals surface area contributed by atoms with Crippen LogP contribution in [-0.4, -0.2) is 25.9 Å². The second kappa shape index (κ2) is 3.47. The first-order valence-electron chi connectivity index (χ1n) is 6.13. The number of ether oxygens (including phenoxy) is 2. The number of benzene rings is 1. The molecule has 0 unspecified atom stereocenters. The molecule has 2 N–H and O–H groups in total. The predicted octanol–water partition coefficient (Wildman–Crippen LogP) is 1.76. The van der Waals surface area contributed by atoms with Gasteiger partial charge in [-0.3, -0.25) is 0 Å². The Kier molecular flexibility index (Phi) is 2.25. The van der Waals surface area contributed by atoms with Gasteiger partial charge in [-0.1, -0.05) is 17.7 Å². The van der Waals surface area contributed by atoms with Crippen LogP contribution in [0.15, 0.2) is 18.2 Å². The molecular weight excluding hydrogens is 214 g/mol. The van der Waals surface area contributed by atoms with Crippen molar-refractivity contribution in [1.29, 1.82) is 0 Å². The molecule has 0 amide bonds. The Balaban J connectivity index is 2.10. The molecule has 1 aromatic carbocycles. The van der Waals surface area contributed by atoms with Crippen molar-refractivity contribution >= 4 is 0 Å². The van der Waals surface area contributed by atoms with Gasteiger partial charge in [-0.25, -0.2) is 0 Å². The molecule has 1 aliphatic heterocycles. The average molecular weight is 233 g/mol. The Labute approximate surface area is 102 Å². The Bertz CT molecular complexity index is 448. The van der Waals surface area contributed by atoms with E-state index in [1.165, 1.54) is 11.1 Å². The van der Waals surface area contributed by atoms with Crippen molar-refractivity contribution in [2.75, 3.05) is 20.3 Å². The maximum absolute atomic E-state index is 6.46. The number of nitrogens with two attached hydrogens (primary N) is 1. The van der Waals surface area contributed by atoms with E-state index < -0.39 is 0 Å². The molecule has 3 nitrogen and oxygen atoms in total. The summed E-state index contributed by atoms with van der Waals surface area (Å²) in [5, 5.41) is 0. The Morgan fingerprint density at radius 1 is 1.29 bits per heavy atom. The lowest BCUT2D eigenvalue weighted by atomic mass is 9.70. The third-order valence-corrected chi connectivity index (χ3v) is 4.31. The van der Waals surface area contributed by atoms with Crippen LogP contribution in [-0.2, 0) is 10.2 Å². The molecule has 17 heavy (non-hydrogen) atoms. The minimum absolute atomic E-state index is 0.0234. The van der Waals surface area contributed by atoms with Gasteiger partial charge in [-0.05, 0) is 25.8 Å². The van der Waals surface area contributed by atoms with Gasteiger partial charge in [0.05, 0.1) is 25.7 Å². The highest BCUT2D eigenvalue weighted by Crippen LogP contribution is 2.55. The van der Waals surface area contributed by atoms with E-state index in [2.05, 4.69) is 19.1 Å². The van der Waals surface area contributed by atoms with Crippen LogP contribution in [0.25, 0.3) is 0 Å². The summed E-state index contributed by atoms with van der Waals surface area (Å²) >= 11 is 0. The van der Waals surface area contributed by atoms with Gasteiger partial charge < -0.3 is 15.2 Å². The Hall–Kier alpha value is -1.06. The van der Waals surface area contributed by atoms with Crippen LogP contribution in [0.1, 0.15) is 24.0 Å². The molecule has 2 fully saturated rings. The molecule has 92 valence electrons. The summed E-state index contributed by atoms with van der Waals surface area (Å²) in [6.45, 7) is 3.55. The molecule has 0 bridgehead atoms. The van der Waals surface area contributed by atoms with Crippen molar-refractivity contribution in [3.8, 4) is 5.75 Å². The highest BCUT2D eigenvalue weighted by molar-refractivity contribution is 5.48. The fourth-order valence-electron chi connectivity index (χ4n) is 2.83. The second-order valence-corrected chi connectivity index (χ2v) is 5.43. The van der Waals surface area contributed by atoms with E-state index in [0.29, 0.717) is 0 Å². The Morgan fingerprint density at radius 3 is 2.47 bits per heavy atom. The first-order valence-corrected chi connectivity index (χ1v) is 6.13. The molecule has 0 aromatic heterocycles. The molecule has 3 heteroatoms. The maximum Gasteiger partial charge on any atom is 0.122 e. The normalized spacial score (nSPS) is 23.9. The van der Waals surface area contributed by atoms with Gasteiger partial charge in [-0.2, -0.15) is 0 Å². The maximum atomic E-state index is 6.46. The van der Waals surface area contributed by atoms with Crippen LogP contribution in [0.3, 0.4) is 0 Å². The van der Waals surface area contributed by atoms with E-state index >= 15 is 0 Å². The smallest absolute Gasteiger partial charge is 0.122 e. The fraction of sp³-hybridized carbons (Fsp3) is 0.571. The zero-order valence-corrected chi connectivity index (χ0v) is 10.5. The lowest BCUT2D eigenvalue weighted by Crippen LogP contribution is -2.60. The summed E-state index contributed by atoms with van der Waals surface area (Å²) in [4.78, 5) is 0.